The smallest absolute Gasteiger partial charge is 0.319 e. The molecule has 150 valence electrons. The highest BCUT2D eigenvalue weighted by Crippen LogP contribution is 2.30. The van der Waals surface area contributed by atoms with Crippen LogP contribution in [0.3, 0.4) is 0 Å². The SMILES string of the molecule is CCNC(=NCc1nccn1C(F)F)Nc1ccc(OCC)c(OC)c1.I. The van der Waals surface area contributed by atoms with E-state index >= 15 is 0 Å². The first-order valence-electron chi connectivity index (χ1n) is 8.25. The van der Waals surface area contributed by atoms with E-state index in [2.05, 4.69) is 20.6 Å². The second-order valence-corrected chi connectivity index (χ2v) is 5.15. The molecule has 27 heavy (non-hydrogen) atoms. The van der Waals surface area contributed by atoms with E-state index in [1.54, 1.807) is 19.2 Å². The zero-order valence-corrected chi connectivity index (χ0v) is 17.7. The summed E-state index contributed by atoms with van der Waals surface area (Å²) in [7, 11) is 1.56. The van der Waals surface area contributed by atoms with Crippen LogP contribution in [0.4, 0.5) is 14.5 Å². The van der Waals surface area contributed by atoms with Crippen molar-refractivity contribution in [3.63, 3.8) is 0 Å². The average molecular weight is 495 g/mol. The second-order valence-electron chi connectivity index (χ2n) is 5.15. The van der Waals surface area contributed by atoms with Gasteiger partial charge in [0.2, 0.25) is 0 Å². The molecule has 2 aromatic rings. The quantitative estimate of drug-likeness (QED) is 0.331. The molecule has 2 rings (SSSR count). The minimum Gasteiger partial charge on any atom is -0.493 e. The Hall–Kier alpha value is -2.11. The maximum absolute atomic E-state index is 12.9. The first-order chi connectivity index (χ1) is 12.6. The summed E-state index contributed by atoms with van der Waals surface area (Å²) in [5.74, 6) is 1.85. The summed E-state index contributed by atoms with van der Waals surface area (Å²) in [6.45, 7) is 2.32. The summed E-state index contributed by atoms with van der Waals surface area (Å²) in [6.07, 6.45) is 2.56. The highest BCUT2D eigenvalue weighted by Gasteiger charge is 2.11. The first kappa shape index (κ1) is 22.9. The number of anilines is 1. The van der Waals surface area contributed by atoms with E-state index < -0.39 is 6.55 Å². The monoisotopic (exact) mass is 495 g/mol. The van der Waals surface area contributed by atoms with Gasteiger partial charge in [0.1, 0.15) is 12.4 Å². The highest BCUT2D eigenvalue weighted by atomic mass is 127. The molecule has 0 spiro atoms. The van der Waals surface area contributed by atoms with Crippen molar-refractivity contribution in [2.24, 2.45) is 4.99 Å². The summed E-state index contributed by atoms with van der Waals surface area (Å²) >= 11 is 0. The van der Waals surface area contributed by atoms with Crippen molar-refractivity contribution in [2.45, 2.75) is 26.9 Å². The molecule has 0 atom stereocenters. The maximum atomic E-state index is 12.9. The van der Waals surface area contributed by atoms with Gasteiger partial charge in [0.15, 0.2) is 17.5 Å². The molecule has 0 aliphatic carbocycles. The van der Waals surface area contributed by atoms with Crippen LogP contribution in [-0.2, 0) is 6.54 Å². The largest absolute Gasteiger partial charge is 0.493 e. The molecule has 2 N–H and O–H groups in total. The number of nitrogens with one attached hydrogen (secondary N) is 2. The molecule has 0 aliphatic heterocycles. The summed E-state index contributed by atoms with van der Waals surface area (Å²) in [5.41, 5.74) is 0.724. The Kier molecular flexibility index (Phi) is 9.83. The lowest BCUT2D eigenvalue weighted by molar-refractivity contribution is 0.0671. The van der Waals surface area contributed by atoms with Crippen LogP contribution in [0.25, 0.3) is 0 Å². The van der Waals surface area contributed by atoms with E-state index in [9.17, 15) is 8.78 Å². The van der Waals surface area contributed by atoms with E-state index in [0.29, 0.717) is 30.6 Å². The molecule has 7 nitrogen and oxygen atoms in total. The Morgan fingerprint density at radius 1 is 1.30 bits per heavy atom. The van der Waals surface area contributed by atoms with Gasteiger partial charge in [0, 0.05) is 30.7 Å². The van der Waals surface area contributed by atoms with Crippen molar-refractivity contribution in [1.29, 1.82) is 0 Å². The Morgan fingerprint density at radius 2 is 2.07 bits per heavy atom. The standard InChI is InChI=1S/C17H23F2N5O2.HI/c1-4-20-17(22-11-15-21-8-9-24(15)16(18)19)23-12-6-7-13(26-5-2)14(10-12)25-3;/h6-10,16H,4-5,11H2,1-3H3,(H2,20,22,23);1H. The van der Waals surface area contributed by atoms with Crippen LogP contribution >= 0.6 is 24.0 Å². The van der Waals surface area contributed by atoms with Crippen LogP contribution < -0.4 is 20.1 Å². The summed E-state index contributed by atoms with van der Waals surface area (Å²) in [6, 6.07) is 5.39. The van der Waals surface area contributed by atoms with Gasteiger partial charge in [0.05, 0.1) is 13.7 Å². The molecule has 1 aromatic heterocycles. The molecule has 0 saturated heterocycles. The number of methoxy groups -OCH3 is 1. The predicted molar refractivity (Wildman–Crippen MR) is 111 cm³/mol. The first-order valence-corrected chi connectivity index (χ1v) is 8.25. The number of imidazole rings is 1. The molecule has 0 unspecified atom stereocenters. The van der Waals surface area contributed by atoms with Crippen molar-refractivity contribution in [2.75, 3.05) is 25.6 Å². The van der Waals surface area contributed by atoms with E-state index in [1.807, 2.05) is 19.9 Å². The fourth-order valence-electron chi connectivity index (χ4n) is 2.26. The zero-order chi connectivity index (χ0) is 18.9. The van der Waals surface area contributed by atoms with Crippen LogP contribution in [0.2, 0.25) is 0 Å². The van der Waals surface area contributed by atoms with Gasteiger partial charge in [-0.25, -0.2) is 9.98 Å². The lowest BCUT2D eigenvalue weighted by atomic mass is 10.2. The molecule has 0 aliphatic rings. The molecule has 0 fully saturated rings. The van der Waals surface area contributed by atoms with E-state index in [4.69, 9.17) is 9.47 Å². The highest BCUT2D eigenvalue weighted by molar-refractivity contribution is 14.0. The minimum absolute atomic E-state index is 0. The number of hydrogen-bond donors (Lipinski definition) is 2. The zero-order valence-electron chi connectivity index (χ0n) is 15.4. The molecule has 1 aromatic carbocycles. The Labute approximate surface area is 174 Å². The van der Waals surface area contributed by atoms with Crippen molar-refractivity contribution in [3.05, 3.63) is 36.4 Å². The van der Waals surface area contributed by atoms with Crippen LogP contribution in [0, 0.1) is 0 Å². The van der Waals surface area contributed by atoms with E-state index in [0.717, 1.165) is 10.3 Å². The lowest BCUT2D eigenvalue weighted by Gasteiger charge is -2.14. The summed E-state index contributed by atoms with van der Waals surface area (Å²) < 4.78 is 37.4. The number of benzene rings is 1. The number of nitrogens with zero attached hydrogens (tertiary/aromatic N) is 3. The summed E-state index contributed by atoms with van der Waals surface area (Å²) in [4.78, 5) is 8.23. The normalized spacial score (nSPS) is 11.1. The van der Waals surface area contributed by atoms with Gasteiger partial charge in [-0.1, -0.05) is 0 Å². The van der Waals surface area contributed by atoms with Gasteiger partial charge in [-0.3, -0.25) is 4.57 Å². The minimum atomic E-state index is -2.64. The molecule has 0 amide bonds. The molecule has 0 saturated carbocycles. The van der Waals surface area contributed by atoms with Gasteiger partial charge in [0.25, 0.3) is 0 Å². The van der Waals surface area contributed by atoms with E-state index in [1.165, 1.54) is 12.4 Å². The molecular formula is C17H24F2IN5O2. The fourth-order valence-corrected chi connectivity index (χ4v) is 2.26. The third kappa shape index (κ3) is 6.52. The van der Waals surface area contributed by atoms with Crippen LogP contribution in [0.15, 0.2) is 35.6 Å². The number of aliphatic imine (C=N–C) groups is 1. The van der Waals surface area contributed by atoms with Gasteiger partial charge >= 0.3 is 6.55 Å². The van der Waals surface area contributed by atoms with Crippen molar-refractivity contribution in [1.82, 2.24) is 14.9 Å². The number of guanidine groups is 1. The van der Waals surface area contributed by atoms with Crippen molar-refractivity contribution >= 4 is 35.6 Å². The van der Waals surface area contributed by atoms with Gasteiger partial charge in [-0.15, -0.1) is 24.0 Å². The molecular weight excluding hydrogens is 471 g/mol. The molecule has 0 bridgehead atoms. The molecule has 0 radical (unpaired) electrons. The Bertz CT molecular complexity index is 740. The molecule has 1 heterocycles. The Morgan fingerprint density at radius 3 is 2.70 bits per heavy atom. The van der Waals surface area contributed by atoms with Crippen molar-refractivity contribution < 1.29 is 18.3 Å². The number of halogens is 3. The fraction of sp³-hybridized carbons (Fsp3) is 0.412. The number of hydrogen-bond acceptors (Lipinski definition) is 4. The summed E-state index contributed by atoms with van der Waals surface area (Å²) in [5, 5.41) is 6.18. The number of aromatic nitrogens is 2. The predicted octanol–water partition coefficient (Wildman–Crippen LogP) is 3.88. The lowest BCUT2D eigenvalue weighted by Crippen LogP contribution is -2.30. The van der Waals surface area contributed by atoms with Gasteiger partial charge in [-0.2, -0.15) is 8.78 Å². The van der Waals surface area contributed by atoms with E-state index in [-0.39, 0.29) is 36.3 Å². The van der Waals surface area contributed by atoms with Crippen LogP contribution in [0.5, 0.6) is 11.5 Å². The van der Waals surface area contributed by atoms with Gasteiger partial charge < -0.3 is 20.1 Å². The third-order valence-electron chi connectivity index (χ3n) is 3.41. The van der Waals surface area contributed by atoms with Crippen LogP contribution in [0.1, 0.15) is 26.2 Å². The van der Waals surface area contributed by atoms with Crippen molar-refractivity contribution in [3.8, 4) is 11.5 Å². The number of rotatable bonds is 8. The average Bonchev–Trinajstić information content (AvgIpc) is 3.10. The van der Waals surface area contributed by atoms with Crippen LogP contribution in [-0.4, -0.2) is 35.8 Å². The molecule has 10 heteroatoms. The topological polar surface area (TPSA) is 72.7 Å². The van der Waals surface area contributed by atoms with Gasteiger partial charge in [-0.05, 0) is 26.0 Å². The maximum Gasteiger partial charge on any atom is 0.319 e. The Balaban J connectivity index is 0.00000364. The second kappa shape index (κ2) is 11.6. The third-order valence-corrected chi connectivity index (χ3v) is 3.41. The number of ether oxygens (including phenoxy) is 2. The number of alkyl halides is 2.